The second-order valence-electron chi connectivity index (χ2n) is 8.12. The van der Waals surface area contributed by atoms with Gasteiger partial charge in [0.25, 0.3) is 15.9 Å². The SMILES string of the molecule is CCOC(=O)C1CCN(C(=O)COc2ccc(S(=O)(=O)N3CCc4ccccc43)cc2)CC1. The van der Waals surface area contributed by atoms with E-state index < -0.39 is 10.0 Å². The molecule has 0 bridgehead atoms. The van der Waals surface area contributed by atoms with E-state index >= 15 is 0 Å². The van der Waals surface area contributed by atoms with Gasteiger partial charge in [0.2, 0.25) is 0 Å². The average Bonchev–Trinajstić information content (AvgIpc) is 3.28. The summed E-state index contributed by atoms with van der Waals surface area (Å²) in [6, 6.07) is 13.6. The highest BCUT2D eigenvalue weighted by atomic mass is 32.2. The number of carbonyl (C=O) groups excluding carboxylic acids is 2. The summed E-state index contributed by atoms with van der Waals surface area (Å²) >= 11 is 0. The topological polar surface area (TPSA) is 93.2 Å². The number of hydrogen-bond acceptors (Lipinski definition) is 6. The van der Waals surface area contributed by atoms with E-state index in [4.69, 9.17) is 9.47 Å². The molecular formula is C24H28N2O6S. The Bertz CT molecular complexity index is 1110. The Balaban J connectivity index is 1.31. The smallest absolute Gasteiger partial charge is 0.309 e. The molecule has 2 aromatic rings. The molecule has 1 amide bonds. The number of amides is 1. The van der Waals surface area contributed by atoms with Gasteiger partial charge in [-0.1, -0.05) is 18.2 Å². The number of carbonyl (C=O) groups is 2. The Hall–Kier alpha value is -3.07. The van der Waals surface area contributed by atoms with Crippen molar-refractivity contribution in [3.8, 4) is 5.75 Å². The van der Waals surface area contributed by atoms with Gasteiger partial charge in [-0.3, -0.25) is 13.9 Å². The lowest BCUT2D eigenvalue weighted by atomic mass is 9.97. The molecular weight excluding hydrogens is 444 g/mol. The van der Waals surface area contributed by atoms with Gasteiger partial charge in [-0.25, -0.2) is 8.42 Å². The molecule has 1 saturated heterocycles. The van der Waals surface area contributed by atoms with Gasteiger partial charge in [0.1, 0.15) is 5.75 Å². The molecule has 0 aromatic heterocycles. The van der Waals surface area contributed by atoms with E-state index in [1.165, 1.54) is 16.4 Å². The normalized spacial score (nSPS) is 16.4. The van der Waals surface area contributed by atoms with E-state index in [0.717, 1.165) is 11.3 Å². The molecule has 2 aliphatic heterocycles. The lowest BCUT2D eigenvalue weighted by Gasteiger charge is -2.30. The summed E-state index contributed by atoms with van der Waals surface area (Å²) in [5, 5.41) is 0. The number of para-hydroxylation sites is 1. The van der Waals surface area contributed by atoms with Crippen LogP contribution in [0.25, 0.3) is 0 Å². The molecule has 0 N–H and O–H groups in total. The molecule has 0 unspecified atom stereocenters. The van der Waals surface area contributed by atoms with Gasteiger partial charge in [0.15, 0.2) is 6.61 Å². The summed E-state index contributed by atoms with van der Waals surface area (Å²) in [7, 11) is -3.67. The van der Waals surface area contributed by atoms with Crippen LogP contribution in [0.2, 0.25) is 0 Å². The first-order valence-corrected chi connectivity index (χ1v) is 12.6. The number of esters is 1. The van der Waals surface area contributed by atoms with Crippen molar-refractivity contribution in [1.82, 2.24) is 4.90 Å². The number of hydrogen-bond donors (Lipinski definition) is 0. The molecule has 0 aliphatic carbocycles. The van der Waals surface area contributed by atoms with Gasteiger partial charge in [-0.2, -0.15) is 0 Å². The third kappa shape index (κ3) is 4.98. The maximum Gasteiger partial charge on any atom is 0.309 e. The summed E-state index contributed by atoms with van der Waals surface area (Å²) in [4.78, 5) is 26.2. The summed E-state index contributed by atoms with van der Waals surface area (Å²) in [6.45, 7) is 3.38. The second-order valence-corrected chi connectivity index (χ2v) is 9.99. The maximum absolute atomic E-state index is 13.1. The van der Waals surface area contributed by atoms with Crippen molar-refractivity contribution in [2.24, 2.45) is 5.92 Å². The van der Waals surface area contributed by atoms with Crippen molar-refractivity contribution in [3.05, 3.63) is 54.1 Å². The largest absolute Gasteiger partial charge is 0.484 e. The molecule has 176 valence electrons. The van der Waals surface area contributed by atoms with Crippen LogP contribution in [0.4, 0.5) is 5.69 Å². The zero-order valence-corrected chi connectivity index (χ0v) is 19.4. The van der Waals surface area contributed by atoms with Crippen LogP contribution < -0.4 is 9.04 Å². The molecule has 8 nitrogen and oxygen atoms in total. The van der Waals surface area contributed by atoms with Crippen LogP contribution in [0.1, 0.15) is 25.3 Å². The van der Waals surface area contributed by atoms with Gasteiger partial charge in [0, 0.05) is 19.6 Å². The first-order chi connectivity index (χ1) is 15.9. The Morgan fingerprint density at radius 2 is 1.70 bits per heavy atom. The average molecular weight is 473 g/mol. The summed E-state index contributed by atoms with van der Waals surface area (Å²) in [5.41, 5.74) is 1.74. The highest BCUT2D eigenvalue weighted by molar-refractivity contribution is 7.92. The van der Waals surface area contributed by atoms with E-state index in [-0.39, 0.29) is 29.3 Å². The number of ether oxygens (including phenoxy) is 2. The number of nitrogens with zero attached hydrogens (tertiary/aromatic N) is 2. The van der Waals surface area contributed by atoms with Crippen LogP contribution in [0.5, 0.6) is 5.75 Å². The number of sulfonamides is 1. The number of likely N-dealkylation sites (tertiary alicyclic amines) is 1. The quantitative estimate of drug-likeness (QED) is 0.575. The Labute approximate surface area is 194 Å². The number of benzene rings is 2. The van der Waals surface area contributed by atoms with Crippen molar-refractivity contribution in [2.45, 2.75) is 31.1 Å². The monoisotopic (exact) mass is 472 g/mol. The molecule has 0 atom stereocenters. The van der Waals surface area contributed by atoms with Crippen LogP contribution in [-0.4, -0.2) is 58.0 Å². The fourth-order valence-electron chi connectivity index (χ4n) is 4.25. The van der Waals surface area contributed by atoms with Crippen molar-refractivity contribution in [1.29, 1.82) is 0 Å². The minimum absolute atomic E-state index is 0.143. The standard InChI is InChI=1S/C24H28N2O6S/c1-2-31-24(28)19-11-14-25(15-12-19)23(27)17-32-20-7-9-21(10-8-20)33(29,30)26-16-13-18-5-3-4-6-22(18)26/h3-10,19H,2,11-17H2,1H3. The van der Waals surface area contributed by atoms with Crippen molar-refractivity contribution in [2.75, 3.05) is 37.2 Å². The number of fused-ring (bicyclic) bond motifs is 1. The molecule has 0 radical (unpaired) electrons. The van der Waals surface area contributed by atoms with E-state index in [2.05, 4.69) is 0 Å². The third-order valence-electron chi connectivity index (χ3n) is 6.09. The predicted molar refractivity (Wildman–Crippen MR) is 123 cm³/mol. The van der Waals surface area contributed by atoms with Crippen LogP contribution >= 0.6 is 0 Å². The second kappa shape index (κ2) is 9.82. The lowest BCUT2D eigenvalue weighted by molar-refractivity contribution is -0.151. The van der Waals surface area contributed by atoms with Gasteiger partial charge in [-0.05, 0) is 62.1 Å². The van der Waals surface area contributed by atoms with E-state index in [9.17, 15) is 18.0 Å². The number of rotatable bonds is 7. The molecule has 2 heterocycles. The molecule has 2 aromatic carbocycles. The molecule has 2 aliphatic rings. The molecule has 4 rings (SSSR count). The van der Waals surface area contributed by atoms with Crippen LogP contribution in [0.3, 0.4) is 0 Å². The molecule has 33 heavy (non-hydrogen) atoms. The Morgan fingerprint density at radius 3 is 2.39 bits per heavy atom. The number of anilines is 1. The maximum atomic E-state index is 13.1. The van der Waals surface area contributed by atoms with E-state index in [1.54, 1.807) is 24.0 Å². The van der Waals surface area contributed by atoms with Gasteiger partial charge in [-0.15, -0.1) is 0 Å². The molecule has 1 fully saturated rings. The summed E-state index contributed by atoms with van der Waals surface area (Å²) < 4.78 is 38.3. The van der Waals surface area contributed by atoms with Crippen molar-refractivity contribution >= 4 is 27.6 Å². The number of piperidine rings is 1. The Morgan fingerprint density at radius 1 is 1.00 bits per heavy atom. The van der Waals surface area contributed by atoms with Crippen molar-refractivity contribution < 1.29 is 27.5 Å². The predicted octanol–water partition coefficient (Wildman–Crippen LogP) is 2.62. The van der Waals surface area contributed by atoms with Crippen LogP contribution in [-0.2, 0) is 30.8 Å². The zero-order chi connectivity index (χ0) is 23.4. The first-order valence-electron chi connectivity index (χ1n) is 11.2. The Kier molecular flexibility index (Phi) is 6.88. The third-order valence-corrected chi connectivity index (χ3v) is 7.91. The fraction of sp³-hybridized carbons (Fsp3) is 0.417. The molecule has 0 saturated carbocycles. The van der Waals surface area contributed by atoms with E-state index in [0.29, 0.717) is 51.3 Å². The van der Waals surface area contributed by atoms with Gasteiger partial charge < -0.3 is 14.4 Å². The van der Waals surface area contributed by atoms with Gasteiger partial charge in [0.05, 0.1) is 23.1 Å². The molecule has 9 heteroatoms. The van der Waals surface area contributed by atoms with Crippen LogP contribution in [0, 0.1) is 5.92 Å². The fourth-order valence-corrected chi connectivity index (χ4v) is 5.76. The van der Waals surface area contributed by atoms with Crippen LogP contribution in [0.15, 0.2) is 53.4 Å². The summed E-state index contributed by atoms with van der Waals surface area (Å²) in [5.74, 6) is -0.103. The first kappa shape index (κ1) is 23.1. The minimum Gasteiger partial charge on any atom is -0.484 e. The van der Waals surface area contributed by atoms with Gasteiger partial charge >= 0.3 is 5.97 Å². The minimum atomic E-state index is -3.67. The zero-order valence-electron chi connectivity index (χ0n) is 18.6. The highest BCUT2D eigenvalue weighted by Gasteiger charge is 2.31. The highest BCUT2D eigenvalue weighted by Crippen LogP contribution is 2.33. The van der Waals surface area contributed by atoms with Crippen molar-refractivity contribution in [3.63, 3.8) is 0 Å². The van der Waals surface area contributed by atoms with E-state index in [1.807, 2.05) is 24.3 Å². The summed E-state index contributed by atoms with van der Waals surface area (Å²) in [6.07, 6.45) is 1.85. The lowest BCUT2D eigenvalue weighted by Crippen LogP contribution is -2.42. The molecule has 0 spiro atoms.